The zero-order valence-electron chi connectivity index (χ0n) is 35.5. The van der Waals surface area contributed by atoms with E-state index in [4.69, 9.17) is 4.74 Å². The van der Waals surface area contributed by atoms with Crippen molar-refractivity contribution in [2.45, 2.75) is 75.8 Å². The third-order valence-corrected chi connectivity index (χ3v) is 13.9. The molecule has 3 fully saturated rings. The van der Waals surface area contributed by atoms with Gasteiger partial charge in [0.1, 0.15) is 17.4 Å². The predicted molar refractivity (Wildman–Crippen MR) is 237 cm³/mol. The number of anilines is 3. The van der Waals surface area contributed by atoms with E-state index >= 15 is 4.39 Å². The average Bonchev–Trinajstić information content (AvgIpc) is 4.14. The maximum absolute atomic E-state index is 15.9. The van der Waals surface area contributed by atoms with Gasteiger partial charge in [-0.05, 0) is 73.2 Å². The number of imidazole rings is 1. The number of thiazole rings is 1. The van der Waals surface area contributed by atoms with Gasteiger partial charge in [0.2, 0.25) is 11.8 Å². The molecule has 5 aliphatic rings. The fourth-order valence-electron chi connectivity index (χ4n) is 9.55. The van der Waals surface area contributed by atoms with Crippen LogP contribution in [-0.4, -0.2) is 115 Å². The molecule has 0 spiro atoms. The Morgan fingerprint density at radius 2 is 1.74 bits per heavy atom. The zero-order valence-corrected chi connectivity index (χ0v) is 36.3. The van der Waals surface area contributed by atoms with Crippen molar-refractivity contribution in [2.24, 2.45) is 0 Å². The van der Waals surface area contributed by atoms with Gasteiger partial charge >= 0.3 is 0 Å². The van der Waals surface area contributed by atoms with E-state index in [0.717, 1.165) is 36.3 Å². The summed E-state index contributed by atoms with van der Waals surface area (Å²) < 4.78 is 23.7. The van der Waals surface area contributed by atoms with Gasteiger partial charge in [-0.25, -0.2) is 19.3 Å². The molecule has 5 aliphatic heterocycles. The number of nitrogens with zero attached hydrogens (tertiary/aromatic N) is 8. The number of rotatable bonds is 11. The number of halogens is 1. The van der Waals surface area contributed by atoms with E-state index in [1.807, 2.05) is 33.7 Å². The molecule has 0 radical (unpaired) electrons. The number of aromatic nitrogens is 4. The number of benzene rings is 2. The van der Waals surface area contributed by atoms with Gasteiger partial charge in [0.25, 0.3) is 17.7 Å². The molecule has 10 rings (SSSR count). The Morgan fingerprint density at radius 3 is 2.46 bits per heavy atom. The van der Waals surface area contributed by atoms with Gasteiger partial charge in [-0.3, -0.25) is 34.6 Å². The lowest BCUT2D eigenvalue weighted by molar-refractivity contribution is -0.139. The van der Waals surface area contributed by atoms with Gasteiger partial charge in [0.15, 0.2) is 17.3 Å². The summed E-state index contributed by atoms with van der Waals surface area (Å²) in [4.78, 5) is 85.6. The molecule has 8 heterocycles. The zero-order chi connectivity index (χ0) is 44.8. The second-order valence-electron chi connectivity index (χ2n) is 17.2. The molecule has 2 aromatic carbocycles. The van der Waals surface area contributed by atoms with Crippen molar-refractivity contribution in [3.05, 3.63) is 101 Å². The predicted octanol–water partition coefficient (Wildman–Crippen LogP) is 4.08. The molecule has 2 atom stereocenters. The maximum Gasteiger partial charge on any atom is 0.267 e. The number of aryl methyl sites for hydroxylation is 1. The molecule has 0 aliphatic carbocycles. The second kappa shape index (κ2) is 17.3. The van der Waals surface area contributed by atoms with Crippen LogP contribution in [0, 0.1) is 5.82 Å². The fourth-order valence-corrected chi connectivity index (χ4v) is 10.1. The molecule has 336 valence electrons. The fraction of sp³-hybridized carbons (Fsp3) is 0.391. The summed E-state index contributed by atoms with van der Waals surface area (Å²) in [5, 5.41) is 18.7. The molecule has 3 aromatic heterocycles. The summed E-state index contributed by atoms with van der Waals surface area (Å²) in [6, 6.07) is 13.3. The van der Waals surface area contributed by atoms with Crippen molar-refractivity contribution >= 4 is 57.5 Å². The summed E-state index contributed by atoms with van der Waals surface area (Å²) in [6.07, 6.45) is 7.09. The van der Waals surface area contributed by atoms with Crippen molar-refractivity contribution < 1.29 is 38.2 Å². The molecule has 5 amide bonds. The van der Waals surface area contributed by atoms with E-state index in [-0.39, 0.29) is 42.3 Å². The highest BCUT2D eigenvalue weighted by molar-refractivity contribution is 7.13. The van der Waals surface area contributed by atoms with Gasteiger partial charge in [-0.2, -0.15) is 0 Å². The lowest BCUT2D eigenvalue weighted by Crippen LogP contribution is -2.52. The molecular formula is C46H47FN10O7S. The van der Waals surface area contributed by atoms with Crippen molar-refractivity contribution in [3.63, 3.8) is 0 Å². The first kappa shape index (κ1) is 42.2. The van der Waals surface area contributed by atoms with Crippen LogP contribution in [0.4, 0.5) is 21.0 Å². The number of fused-ring (bicyclic) bond motifs is 2. The number of aliphatic hydroxyl groups is 1. The van der Waals surface area contributed by atoms with Gasteiger partial charge < -0.3 is 34.0 Å². The molecule has 65 heavy (non-hydrogen) atoms. The summed E-state index contributed by atoms with van der Waals surface area (Å²) in [6.45, 7) is 3.93. The van der Waals surface area contributed by atoms with Gasteiger partial charge in [0.05, 0.1) is 36.8 Å². The third-order valence-electron chi connectivity index (χ3n) is 13.2. The van der Waals surface area contributed by atoms with Crippen LogP contribution in [0.5, 0.6) is 5.75 Å². The number of imide groups is 1. The Bertz CT molecular complexity index is 2640. The summed E-state index contributed by atoms with van der Waals surface area (Å²) in [5.74, 6) is -1.14. The van der Waals surface area contributed by atoms with E-state index in [2.05, 4.69) is 30.5 Å². The monoisotopic (exact) mass is 902 g/mol. The largest absolute Gasteiger partial charge is 0.479 e. The number of piperidine rings is 2. The van der Waals surface area contributed by atoms with Crippen LogP contribution in [0.1, 0.15) is 71.9 Å². The van der Waals surface area contributed by atoms with Gasteiger partial charge in [-0.15, -0.1) is 11.3 Å². The first-order chi connectivity index (χ1) is 31.5. The van der Waals surface area contributed by atoms with Crippen LogP contribution < -0.4 is 25.2 Å². The number of amides is 5. The highest BCUT2D eigenvalue weighted by Crippen LogP contribution is 2.38. The highest BCUT2D eigenvalue weighted by atomic mass is 32.1. The molecule has 2 unspecified atom stereocenters. The van der Waals surface area contributed by atoms with Crippen LogP contribution in [0.15, 0.2) is 72.6 Å². The van der Waals surface area contributed by atoms with Crippen LogP contribution >= 0.6 is 11.3 Å². The second-order valence-corrected chi connectivity index (χ2v) is 18.1. The van der Waals surface area contributed by atoms with Gasteiger partial charge in [0, 0.05) is 92.7 Å². The van der Waals surface area contributed by atoms with E-state index < -0.39 is 41.3 Å². The minimum absolute atomic E-state index is 0.0330. The molecule has 3 N–H and O–H groups in total. The van der Waals surface area contributed by atoms with Crippen LogP contribution in [0.3, 0.4) is 0 Å². The molecule has 17 nitrogen and oxygen atoms in total. The first-order valence-corrected chi connectivity index (χ1v) is 22.8. The maximum atomic E-state index is 15.9. The number of piperazine rings is 1. The van der Waals surface area contributed by atoms with Crippen LogP contribution in [0.25, 0.3) is 11.1 Å². The Balaban J connectivity index is 0.731. The number of carbonyl (C=O) groups excluding carboxylic acids is 5. The lowest BCUT2D eigenvalue weighted by atomic mass is 9.87. The Kier molecular flexibility index (Phi) is 11.3. The lowest BCUT2D eigenvalue weighted by Gasteiger charge is -2.41. The SMILES string of the molecule is O=C1CCC(Oc2ccc(N3CCC(O)(CC(=O)N4CCN(c5ccc(-c6cc(F)c7c(c6)C(=O)N(C(C(=O)Nc6nccs6)c6ncn8c6CCC8)C7)cc5)CC4)CC3)nc2)C(=O)N1. The Morgan fingerprint density at radius 1 is 0.938 bits per heavy atom. The number of hydrogen-bond acceptors (Lipinski definition) is 13. The number of pyridine rings is 1. The van der Waals surface area contributed by atoms with Crippen molar-refractivity contribution in [1.82, 2.24) is 34.6 Å². The number of hydrogen-bond donors (Lipinski definition) is 3. The summed E-state index contributed by atoms with van der Waals surface area (Å²) in [5.41, 5.74) is 2.93. The van der Waals surface area contributed by atoms with E-state index in [1.54, 1.807) is 47.2 Å². The van der Waals surface area contributed by atoms with Crippen molar-refractivity contribution in [2.75, 3.05) is 54.4 Å². The van der Waals surface area contributed by atoms with Crippen LogP contribution in [-0.2, 0) is 38.7 Å². The Hall–Kier alpha value is -6.73. The molecule has 0 saturated carbocycles. The molecular weight excluding hydrogens is 856 g/mol. The van der Waals surface area contributed by atoms with Gasteiger partial charge in [-0.1, -0.05) is 12.1 Å². The minimum atomic E-state index is -1.13. The van der Waals surface area contributed by atoms with E-state index in [1.165, 1.54) is 22.3 Å². The van der Waals surface area contributed by atoms with Crippen molar-refractivity contribution in [3.8, 4) is 16.9 Å². The average molecular weight is 903 g/mol. The van der Waals surface area contributed by atoms with Crippen LogP contribution in [0.2, 0.25) is 0 Å². The molecule has 3 saturated heterocycles. The quantitative estimate of drug-likeness (QED) is 0.161. The molecule has 0 bridgehead atoms. The number of nitrogens with one attached hydrogen (secondary N) is 2. The first-order valence-electron chi connectivity index (χ1n) is 21.9. The normalized spacial score (nSPS) is 19.8. The Labute approximate surface area is 377 Å². The molecule has 5 aromatic rings. The molecule has 19 heteroatoms. The number of carbonyl (C=O) groups is 5. The topological polar surface area (TPSA) is 195 Å². The standard InChI is InChI=1S/C46H47FN10O7S/c47-34-23-29(22-32-33(34)26-57(44(32)62)41(43(61)52-45-48-13-21-65-45)40-35-2-1-14-56(35)27-50-40)28-3-5-30(6-4-28)53-17-19-55(20-18-53)39(59)24-46(63)11-15-54(16-12-46)37-9-7-31(25-49-37)64-36-8-10-38(58)51-42(36)60/h3-7,9,13,21-23,25,27,36,41,63H,1-2,8,10-12,14-20,24,26H2,(H,48,52,61)(H,51,58,60). The minimum Gasteiger partial charge on any atom is -0.479 e. The smallest absolute Gasteiger partial charge is 0.267 e. The summed E-state index contributed by atoms with van der Waals surface area (Å²) >= 11 is 1.27. The van der Waals surface area contributed by atoms with E-state index in [9.17, 15) is 29.1 Å². The summed E-state index contributed by atoms with van der Waals surface area (Å²) in [7, 11) is 0. The van der Waals surface area contributed by atoms with E-state index in [0.29, 0.717) is 86.5 Å². The third kappa shape index (κ3) is 8.52. The van der Waals surface area contributed by atoms with Crippen molar-refractivity contribution in [1.29, 1.82) is 0 Å². The number of ether oxygens (including phenoxy) is 1. The highest BCUT2D eigenvalue weighted by Gasteiger charge is 2.42.